The Hall–Kier alpha value is -0.120. The van der Waals surface area contributed by atoms with Crippen molar-refractivity contribution < 1.29 is 9.47 Å². The van der Waals surface area contributed by atoms with E-state index in [-0.39, 0.29) is 6.10 Å². The fraction of sp³-hybridized carbons (Fsp3) is 1.00. The average molecular weight is 217 g/mol. The first-order valence-corrected chi connectivity index (χ1v) is 6.09. The summed E-state index contributed by atoms with van der Waals surface area (Å²) in [6.45, 7) is 6.40. The summed E-state index contributed by atoms with van der Waals surface area (Å²) in [5.41, 5.74) is 5.58. The normalized spacial score (nSPS) is 15.2. The van der Waals surface area contributed by atoms with Gasteiger partial charge in [0, 0.05) is 20.3 Å². The third-order valence-electron chi connectivity index (χ3n) is 2.73. The van der Waals surface area contributed by atoms with Crippen LogP contribution < -0.4 is 5.73 Å². The highest BCUT2D eigenvalue weighted by atomic mass is 16.5. The number of methoxy groups -OCH3 is 1. The van der Waals surface area contributed by atoms with Crippen molar-refractivity contribution in [3.8, 4) is 0 Å². The molecule has 0 fully saturated rings. The second kappa shape index (κ2) is 10.4. The molecule has 0 bridgehead atoms. The lowest BCUT2D eigenvalue weighted by molar-refractivity contribution is -0.0137. The van der Waals surface area contributed by atoms with Crippen molar-refractivity contribution in [2.24, 2.45) is 11.7 Å². The number of hydrogen-bond donors (Lipinski definition) is 1. The van der Waals surface area contributed by atoms with E-state index in [4.69, 9.17) is 15.2 Å². The lowest BCUT2D eigenvalue weighted by atomic mass is 10.0. The van der Waals surface area contributed by atoms with Crippen LogP contribution in [0, 0.1) is 5.92 Å². The zero-order chi connectivity index (χ0) is 11.5. The van der Waals surface area contributed by atoms with Crippen LogP contribution in [-0.2, 0) is 9.47 Å². The minimum atomic E-state index is 0.0608. The zero-order valence-corrected chi connectivity index (χ0v) is 10.5. The van der Waals surface area contributed by atoms with Gasteiger partial charge in [0.05, 0.1) is 12.7 Å². The number of rotatable bonds is 10. The number of hydrogen-bond acceptors (Lipinski definition) is 3. The van der Waals surface area contributed by atoms with E-state index < -0.39 is 0 Å². The molecule has 2 unspecified atom stereocenters. The Bertz CT molecular complexity index is 131. The molecule has 0 radical (unpaired) electrons. The van der Waals surface area contributed by atoms with Gasteiger partial charge >= 0.3 is 0 Å². The van der Waals surface area contributed by atoms with E-state index in [9.17, 15) is 0 Å². The van der Waals surface area contributed by atoms with Crippen molar-refractivity contribution in [2.75, 3.05) is 26.9 Å². The van der Waals surface area contributed by atoms with Crippen LogP contribution in [0.5, 0.6) is 0 Å². The molecule has 15 heavy (non-hydrogen) atoms. The van der Waals surface area contributed by atoms with E-state index >= 15 is 0 Å². The molecule has 92 valence electrons. The van der Waals surface area contributed by atoms with Crippen LogP contribution in [0.15, 0.2) is 0 Å². The van der Waals surface area contributed by atoms with E-state index in [2.05, 4.69) is 13.8 Å². The Balaban J connectivity index is 3.66. The molecule has 0 heterocycles. The van der Waals surface area contributed by atoms with Crippen LogP contribution in [0.2, 0.25) is 0 Å². The standard InChI is InChI=1S/C12H27NO2/c1-4-6-7-11(5-2)9-15-12(8-13)10-14-3/h11-12H,4-10,13H2,1-3H3. The van der Waals surface area contributed by atoms with Crippen LogP contribution in [0.1, 0.15) is 39.5 Å². The predicted molar refractivity (Wildman–Crippen MR) is 64.0 cm³/mol. The lowest BCUT2D eigenvalue weighted by Crippen LogP contribution is -2.30. The monoisotopic (exact) mass is 217 g/mol. The molecule has 0 amide bonds. The number of ether oxygens (including phenoxy) is 2. The molecule has 0 saturated heterocycles. The summed E-state index contributed by atoms with van der Waals surface area (Å²) in [4.78, 5) is 0. The van der Waals surface area contributed by atoms with Crippen LogP contribution in [0.3, 0.4) is 0 Å². The molecular weight excluding hydrogens is 190 g/mol. The molecule has 0 spiro atoms. The Labute approximate surface area is 94.3 Å². The largest absolute Gasteiger partial charge is 0.382 e. The Kier molecular flexibility index (Phi) is 10.3. The maximum atomic E-state index is 5.73. The van der Waals surface area contributed by atoms with Crippen molar-refractivity contribution in [3.63, 3.8) is 0 Å². The van der Waals surface area contributed by atoms with Gasteiger partial charge < -0.3 is 15.2 Å². The van der Waals surface area contributed by atoms with Gasteiger partial charge in [-0.2, -0.15) is 0 Å². The lowest BCUT2D eigenvalue weighted by Gasteiger charge is -2.20. The van der Waals surface area contributed by atoms with Crippen LogP contribution in [-0.4, -0.2) is 33.0 Å². The molecule has 3 heteroatoms. The summed E-state index contributed by atoms with van der Waals surface area (Å²) in [5.74, 6) is 0.677. The van der Waals surface area contributed by atoms with Crippen molar-refractivity contribution >= 4 is 0 Å². The topological polar surface area (TPSA) is 44.5 Å². The molecular formula is C12H27NO2. The van der Waals surface area contributed by atoms with Gasteiger partial charge in [0.1, 0.15) is 0 Å². The Morgan fingerprint density at radius 2 is 1.93 bits per heavy atom. The Morgan fingerprint density at radius 1 is 1.20 bits per heavy atom. The van der Waals surface area contributed by atoms with Gasteiger partial charge in [-0.1, -0.05) is 33.1 Å². The summed E-state index contributed by atoms with van der Waals surface area (Å²) in [6, 6.07) is 0. The second-order valence-corrected chi connectivity index (χ2v) is 4.06. The molecule has 0 saturated carbocycles. The molecule has 0 aromatic heterocycles. The van der Waals surface area contributed by atoms with Gasteiger partial charge in [0.25, 0.3) is 0 Å². The van der Waals surface area contributed by atoms with Crippen LogP contribution in [0.25, 0.3) is 0 Å². The van der Waals surface area contributed by atoms with Crippen LogP contribution in [0.4, 0.5) is 0 Å². The third kappa shape index (κ3) is 7.77. The van der Waals surface area contributed by atoms with Gasteiger partial charge in [-0.25, -0.2) is 0 Å². The first-order valence-electron chi connectivity index (χ1n) is 6.09. The predicted octanol–water partition coefficient (Wildman–Crippen LogP) is 2.19. The minimum Gasteiger partial charge on any atom is -0.382 e. The van der Waals surface area contributed by atoms with Gasteiger partial charge in [-0.05, 0) is 12.3 Å². The molecule has 0 aliphatic carbocycles. The molecule has 0 rings (SSSR count). The fourth-order valence-electron chi connectivity index (χ4n) is 1.54. The number of unbranched alkanes of at least 4 members (excludes halogenated alkanes) is 1. The minimum absolute atomic E-state index is 0.0608. The molecule has 0 aliphatic heterocycles. The Morgan fingerprint density at radius 3 is 2.40 bits per heavy atom. The summed E-state index contributed by atoms with van der Waals surface area (Å²) in [6.07, 6.45) is 5.06. The van der Waals surface area contributed by atoms with Crippen molar-refractivity contribution in [1.29, 1.82) is 0 Å². The van der Waals surface area contributed by atoms with E-state index in [1.54, 1.807) is 7.11 Å². The summed E-state index contributed by atoms with van der Waals surface area (Å²) >= 11 is 0. The van der Waals surface area contributed by atoms with Gasteiger partial charge in [0.2, 0.25) is 0 Å². The molecule has 0 aliphatic rings. The van der Waals surface area contributed by atoms with Crippen molar-refractivity contribution in [1.82, 2.24) is 0 Å². The fourth-order valence-corrected chi connectivity index (χ4v) is 1.54. The molecule has 0 aromatic carbocycles. The van der Waals surface area contributed by atoms with E-state index in [0.29, 0.717) is 19.1 Å². The second-order valence-electron chi connectivity index (χ2n) is 4.06. The van der Waals surface area contributed by atoms with Crippen LogP contribution >= 0.6 is 0 Å². The third-order valence-corrected chi connectivity index (χ3v) is 2.73. The average Bonchev–Trinajstić information content (AvgIpc) is 2.27. The molecule has 2 atom stereocenters. The maximum absolute atomic E-state index is 5.73. The highest BCUT2D eigenvalue weighted by molar-refractivity contribution is 4.61. The smallest absolute Gasteiger partial charge is 0.0930 e. The first kappa shape index (κ1) is 14.9. The molecule has 3 nitrogen and oxygen atoms in total. The van der Waals surface area contributed by atoms with Crippen molar-refractivity contribution in [2.45, 2.75) is 45.6 Å². The van der Waals surface area contributed by atoms with E-state index in [1.807, 2.05) is 0 Å². The van der Waals surface area contributed by atoms with Gasteiger partial charge in [-0.3, -0.25) is 0 Å². The quantitative estimate of drug-likeness (QED) is 0.610. The van der Waals surface area contributed by atoms with Crippen molar-refractivity contribution in [3.05, 3.63) is 0 Å². The van der Waals surface area contributed by atoms with E-state index in [0.717, 1.165) is 6.61 Å². The highest BCUT2D eigenvalue weighted by Gasteiger charge is 2.11. The summed E-state index contributed by atoms with van der Waals surface area (Å²) in [5, 5.41) is 0. The highest BCUT2D eigenvalue weighted by Crippen LogP contribution is 2.13. The van der Waals surface area contributed by atoms with Gasteiger partial charge in [0.15, 0.2) is 0 Å². The number of nitrogens with two attached hydrogens (primary N) is 1. The molecule has 0 aromatic rings. The summed E-state index contributed by atoms with van der Waals surface area (Å²) < 4.78 is 10.8. The SMILES string of the molecule is CCCCC(CC)COC(CN)COC. The summed E-state index contributed by atoms with van der Waals surface area (Å²) in [7, 11) is 1.68. The van der Waals surface area contributed by atoms with Gasteiger partial charge in [-0.15, -0.1) is 0 Å². The zero-order valence-electron chi connectivity index (χ0n) is 10.5. The van der Waals surface area contributed by atoms with E-state index in [1.165, 1.54) is 25.7 Å². The maximum Gasteiger partial charge on any atom is 0.0930 e. The molecule has 2 N–H and O–H groups in total. The first-order chi connectivity index (χ1) is 7.28.